The van der Waals surface area contributed by atoms with Gasteiger partial charge in [0.05, 0.1) is 11.3 Å². The first-order valence-corrected chi connectivity index (χ1v) is 5.56. The molecule has 90 valence electrons. The molecule has 6 nitrogen and oxygen atoms in total. The lowest BCUT2D eigenvalue weighted by Crippen LogP contribution is -2.25. The number of anilines is 1. The molecule has 1 heterocycles. The third-order valence-corrected chi connectivity index (χ3v) is 2.92. The minimum Gasteiger partial charge on any atom is -0.311 e. The summed E-state index contributed by atoms with van der Waals surface area (Å²) in [6, 6.07) is 9.08. The maximum atomic E-state index is 11.9. The van der Waals surface area contributed by atoms with E-state index in [9.17, 15) is 4.79 Å². The Morgan fingerprint density at radius 1 is 1.56 bits per heavy atom. The molecule has 0 bridgehead atoms. The average molecular weight is 241 g/mol. The first-order chi connectivity index (χ1) is 8.76. The van der Waals surface area contributed by atoms with Gasteiger partial charge in [-0.3, -0.25) is 4.79 Å². The molecule has 1 aliphatic heterocycles. The van der Waals surface area contributed by atoms with Crippen molar-refractivity contribution in [2.75, 3.05) is 18.0 Å². The number of nitriles is 1. The van der Waals surface area contributed by atoms with E-state index in [2.05, 4.69) is 16.1 Å². The highest BCUT2D eigenvalue weighted by molar-refractivity contribution is 5.96. The summed E-state index contributed by atoms with van der Waals surface area (Å²) in [5, 5.41) is 12.5. The normalized spacial score (nSPS) is 18.3. The van der Waals surface area contributed by atoms with Gasteiger partial charge in [-0.1, -0.05) is 17.2 Å². The van der Waals surface area contributed by atoms with E-state index < -0.39 is 0 Å². The number of rotatable bonds is 3. The van der Waals surface area contributed by atoms with Crippen LogP contribution >= 0.6 is 0 Å². The number of para-hydroxylation sites is 1. The van der Waals surface area contributed by atoms with Gasteiger partial charge in [0.1, 0.15) is 6.07 Å². The third-order valence-electron chi connectivity index (χ3n) is 2.92. The fourth-order valence-electron chi connectivity index (χ4n) is 2.09. The van der Waals surface area contributed by atoms with Crippen LogP contribution < -0.4 is 4.90 Å². The molecule has 18 heavy (non-hydrogen) atoms. The molecule has 1 atom stereocenters. The number of azide groups is 1. The van der Waals surface area contributed by atoms with E-state index in [1.54, 1.807) is 29.2 Å². The topological polar surface area (TPSA) is 92.9 Å². The van der Waals surface area contributed by atoms with Crippen molar-refractivity contribution >= 4 is 11.6 Å². The Balaban J connectivity index is 2.22. The highest BCUT2D eigenvalue weighted by atomic mass is 16.2. The molecule has 1 fully saturated rings. The van der Waals surface area contributed by atoms with Crippen molar-refractivity contribution in [3.05, 3.63) is 40.3 Å². The number of nitrogens with zero attached hydrogens (tertiary/aromatic N) is 5. The number of amides is 1. The molecule has 1 unspecified atom stereocenters. The molecule has 1 amide bonds. The molecule has 2 rings (SSSR count). The zero-order valence-corrected chi connectivity index (χ0v) is 9.65. The Kier molecular flexibility index (Phi) is 3.46. The first kappa shape index (κ1) is 12.0. The van der Waals surface area contributed by atoms with Crippen LogP contribution in [0.3, 0.4) is 0 Å². The third kappa shape index (κ3) is 2.26. The standard InChI is InChI=1S/C12H11N5O/c13-6-10-3-1-2-4-11(10)17-8-9(5-12(17)18)7-15-16-14/h1-4,9H,5,7-8H2. The van der Waals surface area contributed by atoms with Gasteiger partial charge < -0.3 is 4.90 Å². The van der Waals surface area contributed by atoms with Crippen LogP contribution in [0.5, 0.6) is 0 Å². The summed E-state index contributed by atoms with van der Waals surface area (Å²) >= 11 is 0. The molecule has 1 aromatic carbocycles. The van der Waals surface area contributed by atoms with Crippen LogP contribution in [-0.4, -0.2) is 19.0 Å². The molecular weight excluding hydrogens is 230 g/mol. The molecule has 0 aliphatic carbocycles. The van der Waals surface area contributed by atoms with Crippen LogP contribution in [0.2, 0.25) is 0 Å². The largest absolute Gasteiger partial charge is 0.311 e. The number of benzene rings is 1. The van der Waals surface area contributed by atoms with Gasteiger partial charge in [-0.2, -0.15) is 5.26 Å². The van der Waals surface area contributed by atoms with Crippen molar-refractivity contribution in [3.8, 4) is 6.07 Å². The van der Waals surface area contributed by atoms with Crippen LogP contribution in [0.1, 0.15) is 12.0 Å². The van der Waals surface area contributed by atoms with Crippen LogP contribution in [0, 0.1) is 17.2 Å². The van der Waals surface area contributed by atoms with Crippen LogP contribution in [0.25, 0.3) is 10.4 Å². The van der Waals surface area contributed by atoms with Crippen LogP contribution in [0.15, 0.2) is 29.4 Å². The van der Waals surface area contributed by atoms with Gasteiger partial charge in [0, 0.05) is 24.4 Å². The Morgan fingerprint density at radius 2 is 2.33 bits per heavy atom. The van der Waals surface area contributed by atoms with Crippen molar-refractivity contribution in [1.29, 1.82) is 5.26 Å². The number of carbonyl (C=O) groups excluding carboxylic acids is 1. The number of carbonyl (C=O) groups is 1. The molecule has 1 aromatic rings. The molecule has 0 saturated carbocycles. The molecule has 0 radical (unpaired) electrons. The summed E-state index contributed by atoms with van der Waals surface area (Å²) in [6.45, 7) is 0.810. The van der Waals surface area contributed by atoms with Crippen molar-refractivity contribution in [1.82, 2.24) is 0 Å². The fourth-order valence-corrected chi connectivity index (χ4v) is 2.09. The molecule has 6 heteroatoms. The van der Waals surface area contributed by atoms with Crippen molar-refractivity contribution < 1.29 is 4.79 Å². The van der Waals surface area contributed by atoms with Gasteiger partial charge in [0.15, 0.2) is 0 Å². The SMILES string of the molecule is N#Cc1ccccc1N1CC(CN=[N+]=[N-])CC1=O. The zero-order valence-electron chi connectivity index (χ0n) is 9.65. The van der Waals surface area contributed by atoms with Gasteiger partial charge in [0.2, 0.25) is 5.91 Å². The van der Waals surface area contributed by atoms with Crippen molar-refractivity contribution in [2.24, 2.45) is 11.0 Å². The summed E-state index contributed by atoms with van der Waals surface area (Å²) in [5.74, 6) is -0.00371. The number of hydrogen-bond donors (Lipinski definition) is 0. The zero-order chi connectivity index (χ0) is 13.0. The second kappa shape index (κ2) is 5.21. The van der Waals surface area contributed by atoms with E-state index in [1.807, 2.05) is 0 Å². The predicted octanol–water partition coefficient (Wildman–Crippen LogP) is 2.22. The van der Waals surface area contributed by atoms with Gasteiger partial charge in [-0.05, 0) is 23.6 Å². The lowest BCUT2D eigenvalue weighted by atomic mass is 10.1. The van der Waals surface area contributed by atoms with E-state index in [4.69, 9.17) is 10.8 Å². The fraction of sp³-hybridized carbons (Fsp3) is 0.333. The van der Waals surface area contributed by atoms with Crippen LogP contribution in [0.4, 0.5) is 5.69 Å². The summed E-state index contributed by atoms with van der Waals surface area (Å²) in [5.41, 5.74) is 9.39. The second-order valence-electron chi connectivity index (χ2n) is 4.12. The van der Waals surface area contributed by atoms with Crippen molar-refractivity contribution in [2.45, 2.75) is 6.42 Å². The van der Waals surface area contributed by atoms with Gasteiger partial charge in [0.25, 0.3) is 0 Å². The van der Waals surface area contributed by atoms with E-state index in [0.717, 1.165) is 0 Å². The van der Waals surface area contributed by atoms with Crippen molar-refractivity contribution in [3.63, 3.8) is 0 Å². The highest BCUT2D eigenvalue weighted by Gasteiger charge is 2.31. The Bertz CT molecular complexity index is 556. The van der Waals surface area contributed by atoms with E-state index in [0.29, 0.717) is 30.8 Å². The Labute approximate surface area is 104 Å². The maximum Gasteiger partial charge on any atom is 0.227 e. The summed E-state index contributed by atoms with van der Waals surface area (Å²) < 4.78 is 0. The monoisotopic (exact) mass is 241 g/mol. The smallest absolute Gasteiger partial charge is 0.227 e. The average Bonchev–Trinajstić information content (AvgIpc) is 2.77. The molecular formula is C12H11N5O. The van der Waals surface area contributed by atoms with Gasteiger partial charge in [-0.25, -0.2) is 0 Å². The first-order valence-electron chi connectivity index (χ1n) is 5.56. The Hall–Kier alpha value is -2.51. The summed E-state index contributed by atoms with van der Waals surface area (Å²) in [7, 11) is 0. The highest BCUT2D eigenvalue weighted by Crippen LogP contribution is 2.27. The van der Waals surface area contributed by atoms with E-state index in [1.165, 1.54) is 0 Å². The number of hydrogen-bond acceptors (Lipinski definition) is 3. The predicted molar refractivity (Wildman–Crippen MR) is 65.6 cm³/mol. The minimum atomic E-state index is -0.0316. The molecule has 1 aliphatic rings. The molecule has 0 aromatic heterocycles. The van der Waals surface area contributed by atoms with Crippen LogP contribution in [-0.2, 0) is 4.79 Å². The Morgan fingerprint density at radius 3 is 3.06 bits per heavy atom. The second-order valence-corrected chi connectivity index (χ2v) is 4.12. The minimum absolute atomic E-state index is 0.0279. The summed E-state index contributed by atoms with van der Waals surface area (Å²) in [4.78, 5) is 16.2. The quantitative estimate of drug-likeness (QED) is 0.461. The van der Waals surface area contributed by atoms with Gasteiger partial charge >= 0.3 is 0 Å². The lowest BCUT2D eigenvalue weighted by Gasteiger charge is -2.17. The molecule has 0 N–H and O–H groups in total. The van der Waals surface area contributed by atoms with E-state index >= 15 is 0 Å². The molecule has 0 spiro atoms. The summed E-state index contributed by atoms with van der Waals surface area (Å²) in [6.07, 6.45) is 0.360. The maximum absolute atomic E-state index is 11.9. The molecule has 1 saturated heterocycles. The van der Waals surface area contributed by atoms with E-state index in [-0.39, 0.29) is 11.8 Å². The lowest BCUT2D eigenvalue weighted by molar-refractivity contribution is -0.117. The van der Waals surface area contributed by atoms with Gasteiger partial charge in [-0.15, -0.1) is 0 Å².